The van der Waals surface area contributed by atoms with Gasteiger partial charge in [-0.25, -0.2) is 4.68 Å². The summed E-state index contributed by atoms with van der Waals surface area (Å²) in [6.45, 7) is 4.65. The molecule has 1 unspecified atom stereocenters. The largest absolute Gasteiger partial charge is 0.491 e. The third-order valence-corrected chi connectivity index (χ3v) is 3.76. The van der Waals surface area contributed by atoms with Gasteiger partial charge in [0.2, 0.25) is 0 Å². The third-order valence-electron chi connectivity index (χ3n) is 3.76. The highest BCUT2D eigenvalue weighted by Gasteiger charge is 2.32. The maximum Gasteiger partial charge on any atom is 0.186 e. The lowest BCUT2D eigenvalue weighted by Crippen LogP contribution is -2.11. The van der Waals surface area contributed by atoms with Crippen LogP contribution in [0.2, 0.25) is 0 Å². The number of rotatable bonds is 5. The van der Waals surface area contributed by atoms with E-state index in [0.717, 1.165) is 11.4 Å². The molecule has 0 saturated heterocycles. The zero-order valence-electron chi connectivity index (χ0n) is 11.8. The monoisotopic (exact) mass is 273 g/mol. The number of tetrazole rings is 1. The Morgan fingerprint density at radius 3 is 2.95 bits per heavy atom. The summed E-state index contributed by atoms with van der Waals surface area (Å²) >= 11 is 0. The number of ether oxygens (including phenoxy) is 1. The summed E-state index contributed by atoms with van der Waals surface area (Å²) in [7, 11) is 0. The summed E-state index contributed by atoms with van der Waals surface area (Å²) in [6.07, 6.45) is 2.49. The van der Waals surface area contributed by atoms with Crippen LogP contribution in [-0.4, -0.2) is 26.8 Å². The molecular formula is C14H19N5O. The Labute approximate surface area is 117 Å². The Morgan fingerprint density at radius 1 is 1.45 bits per heavy atom. The van der Waals surface area contributed by atoms with E-state index in [4.69, 9.17) is 10.5 Å². The van der Waals surface area contributed by atoms with Crippen molar-refractivity contribution in [1.82, 2.24) is 20.2 Å². The van der Waals surface area contributed by atoms with Crippen molar-refractivity contribution >= 4 is 5.69 Å². The molecular weight excluding hydrogens is 254 g/mol. The number of nitrogens with zero attached hydrogens (tertiary/aromatic N) is 4. The predicted octanol–water partition coefficient (Wildman–Crippen LogP) is 2.29. The van der Waals surface area contributed by atoms with Crippen molar-refractivity contribution in [2.45, 2.75) is 32.7 Å². The van der Waals surface area contributed by atoms with E-state index in [0.29, 0.717) is 30.0 Å². The first-order chi connectivity index (χ1) is 9.72. The van der Waals surface area contributed by atoms with Gasteiger partial charge in [-0.2, -0.15) is 0 Å². The maximum atomic E-state index is 6.01. The first-order valence-corrected chi connectivity index (χ1v) is 7.02. The van der Waals surface area contributed by atoms with E-state index in [1.165, 1.54) is 12.8 Å². The molecule has 6 heteroatoms. The Bertz CT molecular complexity index is 605. The Balaban J connectivity index is 2.05. The second-order valence-electron chi connectivity index (χ2n) is 5.18. The number of para-hydroxylation sites is 1. The topological polar surface area (TPSA) is 78.8 Å². The average molecular weight is 273 g/mol. The summed E-state index contributed by atoms with van der Waals surface area (Å²) in [6, 6.07) is 5.97. The van der Waals surface area contributed by atoms with Crippen molar-refractivity contribution in [3.63, 3.8) is 0 Å². The van der Waals surface area contributed by atoms with E-state index in [2.05, 4.69) is 22.4 Å². The quantitative estimate of drug-likeness (QED) is 0.845. The van der Waals surface area contributed by atoms with Crippen molar-refractivity contribution in [3.05, 3.63) is 18.2 Å². The van der Waals surface area contributed by atoms with Gasteiger partial charge in [-0.1, -0.05) is 6.07 Å². The van der Waals surface area contributed by atoms with Gasteiger partial charge in [-0.15, -0.1) is 5.10 Å². The maximum absolute atomic E-state index is 6.01. The Morgan fingerprint density at radius 2 is 2.25 bits per heavy atom. The lowest BCUT2D eigenvalue weighted by Gasteiger charge is -2.15. The second kappa shape index (κ2) is 5.11. The summed E-state index contributed by atoms with van der Waals surface area (Å²) in [5, 5.41) is 12.1. The molecule has 2 N–H and O–H groups in total. The fourth-order valence-corrected chi connectivity index (χ4v) is 2.46. The van der Waals surface area contributed by atoms with Crippen molar-refractivity contribution in [3.8, 4) is 17.1 Å². The van der Waals surface area contributed by atoms with Crippen LogP contribution in [0.25, 0.3) is 11.4 Å². The Hall–Kier alpha value is -2.11. The van der Waals surface area contributed by atoms with Crippen LogP contribution in [0.3, 0.4) is 0 Å². The first-order valence-electron chi connectivity index (χ1n) is 7.02. The van der Waals surface area contributed by atoms with Crippen LogP contribution < -0.4 is 10.5 Å². The van der Waals surface area contributed by atoms with E-state index < -0.39 is 0 Å². The minimum absolute atomic E-state index is 0.302. The highest BCUT2D eigenvalue weighted by Crippen LogP contribution is 2.41. The molecule has 1 atom stereocenters. The molecule has 0 radical (unpaired) electrons. The van der Waals surface area contributed by atoms with Crippen molar-refractivity contribution in [2.75, 3.05) is 12.3 Å². The number of nitrogen functional groups attached to an aromatic ring is 1. The van der Waals surface area contributed by atoms with Crippen LogP contribution in [0.4, 0.5) is 5.69 Å². The molecule has 20 heavy (non-hydrogen) atoms. The van der Waals surface area contributed by atoms with Gasteiger partial charge in [-0.05, 0) is 55.2 Å². The summed E-state index contributed by atoms with van der Waals surface area (Å²) < 4.78 is 7.55. The highest BCUT2D eigenvalue weighted by molar-refractivity contribution is 5.73. The zero-order valence-corrected chi connectivity index (χ0v) is 11.8. The minimum atomic E-state index is 0.302. The summed E-state index contributed by atoms with van der Waals surface area (Å²) in [5.74, 6) is 2.06. The van der Waals surface area contributed by atoms with Crippen molar-refractivity contribution in [2.24, 2.45) is 5.92 Å². The van der Waals surface area contributed by atoms with Gasteiger partial charge in [0, 0.05) is 0 Å². The second-order valence-corrected chi connectivity index (χ2v) is 5.18. The predicted molar refractivity (Wildman–Crippen MR) is 76.3 cm³/mol. The Kier molecular flexibility index (Phi) is 3.30. The molecule has 1 heterocycles. The van der Waals surface area contributed by atoms with E-state index in [9.17, 15) is 0 Å². The van der Waals surface area contributed by atoms with Crippen LogP contribution in [0.1, 0.15) is 32.7 Å². The molecule has 1 aliphatic rings. The molecule has 0 amide bonds. The SMILES string of the molecule is CCOc1c(N)cccc1-c1nnnn1C(C)C1CC1. The molecule has 1 aliphatic carbocycles. The molecule has 3 rings (SSSR count). The van der Waals surface area contributed by atoms with Gasteiger partial charge >= 0.3 is 0 Å². The van der Waals surface area contributed by atoms with Crippen molar-refractivity contribution in [1.29, 1.82) is 0 Å². The fourth-order valence-electron chi connectivity index (χ4n) is 2.46. The molecule has 1 aromatic heterocycles. The smallest absolute Gasteiger partial charge is 0.186 e. The molecule has 1 fully saturated rings. The normalized spacial score (nSPS) is 16.1. The molecule has 2 aromatic rings. The molecule has 6 nitrogen and oxygen atoms in total. The van der Waals surface area contributed by atoms with Crippen LogP contribution in [0.15, 0.2) is 18.2 Å². The van der Waals surface area contributed by atoms with E-state index in [-0.39, 0.29) is 0 Å². The number of hydrogen-bond donors (Lipinski definition) is 1. The van der Waals surface area contributed by atoms with Gasteiger partial charge < -0.3 is 10.5 Å². The molecule has 106 valence electrons. The van der Waals surface area contributed by atoms with Crippen LogP contribution in [-0.2, 0) is 0 Å². The molecule has 0 aliphatic heterocycles. The van der Waals surface area contributed by atoms with E-state index >= 15 is 0 Å². The number of anilines is 1. The van der Waals surface area contributed by atoms with E-state index in [1.54, 1.807) is 0 Å². The average Bonchev–Trinajstić information content (AvgIpc) is 3.18. The summed E-state index contributed by atoms with van der Waals surface area (Å²) in [5.41, 5.74) is 7.47. The number of benzene rings is 1. The van der Waals surface area contributed by atoms with Gasteiger partial charge in [0.15, 0.2) is 11.6 Å². The molecule has 0 spiro atoms. The van der Waals surface area contributed by atoms with Gasteiger partial charge in [-0.3, -0.25) is 0 Å². The fraction of sp³-hybridized carbons (Fsp3) is 0.500. The van der Waals surface area contributed by atoms with Gasteiger partial charge in [0.1, 0.15) is 0 Å². The van der Waals surface area contributed by atoms with Crippen LogP contribution in [0.5, 0.6) is 5.75 Å². The number of aromatic nitrogens is 4. The van der Waals surface area contributed by atoms with Crippen LogP contribution in [0, 0.1) is 5.92 Å². The lowest BCUT2D eigenvalue weighted by atomic mass is 10.1. The first kappa shape index (κ1) is 12.9. The minimum Gasteiger partial charge on any atom is -0.491 e. The number of hydrogen-bond acceptors (Lipinski definition) is 5. The molecule has 0 bridgehead atoms. The lowest BCUT2D eigenvalue weighted by molar-refractivity contribution is 0.342. The van der Waals surface area contributed by atoms with Gasteiger partial charge in [0.25, 0.3) is 0 Å². The standard InChI is InChI=1S/C14H19N5O/c1-3-20-13-11(5-4-6-12(13)15)14-16-17-18-19(14)9(2)10-7-8-10/h4-6,9-10H,3,7-8,15H2,1-2H3. The van der Waals surface area contributed by atoms with Crippen LogP contribution >= 0.6 is 0 Å². The van der Waals surface area contributed by atoms with Crippen molar-refractivity contribution < 1.29 is 4.74 Å². The summed E-state index contributed by atoms with van der Waals surface area (Å²) in [4.78, 5) is 0. The van der Waals surface area contributed by atoms with Gasteiger partial charge in [0.05, 0.1) is 23.9 Å². The zero-order chi connectivity index (χ0) is 14.1. The highest BCUT2D eigenvalue weighted by atomic mass is 16.5. The molecule has 1 aromatic carbocycles. The molecule has 1 saturated carbocycles. The third kappa shape index (κ3) is 2.21. The van der Waals surface area contributed by atoms with E-state index in [1.807, 2.05) is 29.8 Å². The number of nitrogens with two attached hydrogens (primary N) is 1.